The fourth-order valence-electron chi connectivity index (χ4n) is 0.508. The van der Waals surface area contributed by atoms with Gasteiger partial charge in [-0.2, -0.15) is 25.1 Å². The van der Waals surface area contributed by atoms with E-state index >= 15 is 0 Å². The summed E-state index contributed by atoms with van der Waals surface area (Å²) in [5.74, 6) is 0.878. The molecule has 1 aromatic carbocycles. The second-order valence-corrected chi connectivity index (χ2v) is 1.44. The minimum atomic E-state index is 0. The van der Waals surface area contributed by atoms with Gasteiger partial charge >= 0.3 is 23.1 Å². The molecule has 0 radical (unpaired) electrons. The number of hydrogen-bond donors (Lipinski definition) is 0. The van der Waals surface area contributed by atoms with Crippen molar-refractivity contribution in [2.24, 2.45) is 0 Å². The van der Waals surface area contributed by atoms with Crippen molar-refractivity contribution in [1.29, 1.82) is 0 Å². The third-order valence-corrected chi connectivity index (χ3v) is 0.923. The molecule has 11 heavy (non-hydrogen) atoms. The van der Waals surface area contributed by atoms with Gasteiger partial charge in [-0.3, -0.25) is 0 Å². The van der Waals surface area contributed by atoms with E-state index < -0.39 is 0 Å². The van der Waals surface area contributed by atoms with Gasteiger partial charge in [-0.25, -0.2) is 0 Å². The van der Waals surface area contributed by atoms with Crippen molar-refractivity contribution in [3.8, 4) is 5.75 Å². The summed E-state index contributed by atoms with van der Waals surface area (Å²) >= 11 is 0. The van der Waals surface area contributed by atoms with E-state index in [9.17, 15) is 0 Å². The molecule has 1 nitrogen and oxygen atoms in total. The van der Waals surface area contributed by atoms with Crippen molar-refractivity contribution in [3.63, 3.8) is 0 Å². The first kappa shape index (κ1) is 13.4. The fraction of sp³-hybridized carbons (Fsp3) is 0.222. The van der Waals surface area contributed by atoms with Gasteiger partial charge < -0.3 is 11.7 Å². The Bertz CT molecular complexity index is 151. The Balaban J connectivity index is 0. The minimum absolute atomic E-state index is 0. The smallest absolute Gasteiger partial charge is 0.522 e. The first-order valence-electron chi connectivity index (χ1n) is 3.14. The van der Waals surface area contributed by atoms with Crippen LogP contribution < -0.4 is 4.74 Å². The monoisotopic (exact) mass is 160 g/mol. The van der Waals surface area contributed by atoms with E-state index in [0.29, 0.717) is 0 Å². The molecule has 0 unspecified atom stereocenters. The topological polar surface area (TPSA) is 9.23 Å². The van der Waals surface area contributed by atoms with Gasteiger partial charge in [0.2, 0.25) is 0 Å². The quantitative estimate of drug-likeness (QED) is 0.451. The van der Waals surface area contributed by atoms with Gasteiger partial charge in [0.05, 0.1) is 7.11 Å². The maximum atomic E-state index is 4.89. The van der Waals surface area contributed by atoms with Crippen molar-refractivity contribution in [3.05, 3.63) is 37.3 Å². The van der Waals surface area contributed by atoms with E-state index in [0.717, 1.165) is 5.75 Å². The van der Waals surface area contributed by atoms with Gasteiger partial charge in [0, 0.05) is 5.75 Å². The summed E-state index contributed by atoms with van der Waals surface area (Å²) in [4.78, 5) is 0. The predicted octanol–water partition coefficient (Wildman–Crippen LogP) is 1.95. The molecule has 0 aliphatic rings. The average Bonchev–Trinajstić information content (AvgIpc) is 2.10. The van der Waals surface area contributed by atoms with Crippen LogP contribution in [0.2, 0.25) is 0 Å². The molecule has 0 aromatic heterocycles. The molecule has 0 N–H and O–H groups in total. The molecule has 0 bridgehead atoms. The molecule has 0 saturated carbocycles. The molecule has 1 aromatic rings. The zero-order valence-corrected chi connectivity index (χ0v) is 8.55. The van der Waals surface area contributed by atoms with Crippen LogP contribution in [0.25, 0.3) is 0 Å². The summed E-state index contributed by atoms with van der Waals surface area (Å²) < 4.78 is 4.89. The molecule has 0 saturated heterocycles. The first-order chi connectivity index (χ1) is 4.93. The molecule has 0 spiro atoms. The Morgan fingerprint density at radius 2 is 1.73 bits per heavy atom. The number of rotatable bonds is 1. The van der Waals surface area contributed by atoms with E-state index in [1.54, 1.807) is 14.0 Å². The Kier molecular flexibility index (Phi) is 11.9. The number of hydrogen-bond acceptors (Lipinski definition) is 1. The maximum absolute atomic E-state index is 4.89. The third kappa shape index (κ3) is 6.19. The van der Waals surface area contributed by atoms with Crippen molar-refractivity contribution >= 4 is 23.1 Å². The number of benzene rings is 1. The normalized spacial score (nSPS) is 6.82. The molecule has 0 aliphatic heterocycles. The SMILES string of the molecule is COc1cc[c-]cc1.[CH2-]C.[Mg+2]. The van der Waals surface area contributed by atoms with E-state index in [1.807, 2.05) is 24.3 Å². The van der Waals surface area contributed by atoms with Crippen LogP contribution >= 0.6 is 0 Å². The van der Waals surface area contributed by atoms with Gasteiger partial charge in [-0.05, 0) is 0 Å². The van der Waals surface area contributed by atoms with Crippen molar-refractivity contribution in [2.75, 3.05) is 7.11 Å². The zero-order valence-electron chi connectivity index (χ0n) is 7.13. The van der Waals surface area contributed by atoms with E-state index in [-0.39, 0.29) is 23.1 Å². The summed E-state index contributed by atoms with van der Waals surface area (Å²) in [5.41, 5.74) is 0. The van der Waals surface area contributed by atoms with Crippen LogP contribution in [0, 0.1) is 13.0 Å². The molecular weight excluding hydrogens is 148 g/mol. The molecule has 0 fully saturated rings. The Morgan fingerprint density at radius 3 is 2.00 bits per heavy atom. The molecule has 0 aliphatic carbocycles. The van der Waals surface area contributed by atoms with Crippen molar-refractivity contribution in [1.82, 2.24) is 0 Å². The standard InChI is InChI=1S/C7H7O.C2H5.Mg/c1-8-7-5-3-2-4-6-7;1-2;/h3-6H,1H3;1H2,2H3;/q2*-1;+2. The average molecular weight is 160 g/mol. The third-order valence-electron chi connectivity index (χ3n) is 0.923. The van der Waals surface area contributed by atoms with Gasteiger partial charge in [0.25, 0.3) is 0 Å². The van der Waals surface area contributed by atoms with Crippen LogP contribution in [0.1, 0.15) is 6.92 Å². The largest absolute Gasteiger partial charge is 2.00 e. The zero-order chi connectivity index (χ0) is 7.82. The van der Waals surface area contributed by atoms with Crippen molar-refractivity contribution in [2.45, 2.75) is 6.92 Å². The molecule has 56 valence electrons. The van der Waals surface area contributed by atoms with E-state index in [2.05, 4.69) is 13.0 Å². The van der Waals surface area contributed by atoms with Crippen LogP contribution in [0.3, 0.4) is 0 Å². The minimum Gasteiger partial charge on any atom is -0.522 e. The van der Waals surface area contributed by atoms with Crippen LogP contribution in [0.4, 0.5) is 0 Å². The Labute approximate surface area is 84.9 Å². The molecule has 0 amide bonds. The Morgan fingerprint density at radius 1 is 1.27 bits per heavy atom. The summed E-state index contributed by atoms with van der Waals surface area (Å²) in [5, 5.41) is 0. The van der Waals surface area contributed by atoms with Crippen molar-refractivity contribution < 1.29 is 4.74 Å². The number of ether oxygens (including phenoxy) is 1. The molecule has 1 rings (SSSR count). The van der Waals surface area contributed by atoms with E-state index in [1.165, 1.54) is 0 Å². The molecule has 2 heteroatoms. The molecule has 0 atom stereocenters. The summed E-state index contributed by atoms with van der Waals surface area (Å²) in [6, 6.07) is 10.2. The van der Waals surface area contributed by atoms with Gasteiger partial charge in [0.15, 0.2) is 0 Å². The molecular formula is C9H12MgO. The van der Waals surface area contributed by atoms with Crippen LogP contribution in [-0.2, 0) is 0 Å². The first-order valence-corrected chi connectivity index (χ1v) is 3.14. The Hall–Kier alpha value is -0.214. The second-order valence-electron chi connectivity index (χ2n) is 1.44. The van der Waals surface area contributed by atoms with E-state index in [4.69, 9.17) is 4.74 Å². The summed E-state index contributed by atoms with van der Waals surface area (Å²) in [6.45, 7) is 5.00. The maximum Gasteiger partial charge on any atom is 2.00 e. The van der Waals surface area contributed by atoms with Gasteiger partial charge in [0.1, 0.15) is 0 Å². The van der Waals surface area contributed by atoms with Crippen LogP contribution in [0.5, 0.6) is 5.75 Å². The van der Waals surface area contributed by atoms with Crippen LogP contribution in [-0.4, -0.2) is 30.2 Å². The second kappa shape index (κ2) is 9.79. The summed E-state index contributed by atoms with van der Waals surface area (Å²) in [7, 11) is 1.65. The number of methoxy groups -OCH3 is 1. The van der Waals surface area contributed by atoms with Crippen LogP contribution in [0.15, 0.2) is 24.3 Å². The predicted molar refractivity (Wildman–Crippen MR) is 48.6 cm³/mol. The summed E-state index contributed by atoms with van der Waals surface area (Å²) in [6.07, 6.45) is 0. The van der Waals surface area contributed by atoms with Gasteiger partial charge in [-0.1, -0.05) is 0 Å². The van der Waals surface area contributed by atoms with Gasteiger partial charge in [-0.15, -0.1) is 12.1 Å². The molecule has 0 heterocycles. The fourth-order valence-corrected chi connectivity index (χ4v) is 0.508.